The van der Waals surface area contributed by atoms with Crippen LogP contribution in [0.2, 0.25) is 0 Å². The van der Waals surface area contributed by atoms with E-state index in [1.807, 2.05) is 42.5 Å². The fourth-order valence-corrected chi connectivity index (χ4v) is 2.01. The molecule has 0 spiro atoms. The molecule has 1 heterocycles. The third-order valence-corrected chi connectivity index (χ3v) is 3.00. The Morgan fingerprint density at radius 2 is 1.74 bits per heavy atom. The van der Waals surface area contributed by atoms with Gasteiger partial charge in [0.2, 0.25) is 0 Å². The van der Waals surface area contributed by atoms with Crippen molar-refractivity contribution < 1.29 is 4.92 Å². The highest BCUT2D eigenvalue weighted by Crippen LogP contribution is 2.24. The predicted octanol–water partition coefficient (Wildman–Crippen LogP) is 3.81. The maximum atomic E-state index is 10.6. The molecule has 0 aliphatic carbocycles. The maximum absolute atomic E-state index is 10.6. The normalized spacial score (nSPS) is 10.5. The Hall–Kier alpha value is -2.75. The highest BCUT2D eigenvalue weighted by Gasteiger charge is 2.06. The number of hydrogen-bond acceptors (Lipinski definition) is 3. The van der Waals surface area contributed by atoms with E-state index in [0.717, 1.165) is 22.0 Å². The van der Waals surface area contributed by atoms with E-state index in [-0.39, 0.29) is 5.69 Å². The zero-order valence-electron chi connectivity index (χ0n) is 9.98. The molecule has 3 aromatic rings. The molecule has 0 N–H and O–H groups in total. The summed E-state index contributed by atoms with van der Waals surface area (Å²) in [5.74, 6) is 0. The summed E-state index contributed by atoms with van der Waals surface area (Å²) in [5.41, 5.74) is 1.69. The molecule has 0 aliphatic rings. The number of benzene rings is 2. The summed E-state index contributed by atoms with van der Waals surface area (Å²) < 4.78 is 0. The molecular weight excluding hydrogens is 240 g/mol. The summed E-state index contributed by atoms with van der Waals surface area (Å²) >= 11 is 0. The van der Waals surface area contributed by atoms with E-state index < -0.39 is 4.92 Å². The van der Waals surface area contributed by atoms with Crippen molar-refractivity contribution in [2.45, 2.75) is 0 Å². The van der Waals surface area contributed by atoms with Crippen molar-refractivity contribution in [3.8, 4) is 11.3 Å². The summed E-state index contributed by atoms with van der Waals surface area (Å²) in [4.78, 5) is 14.3. The van der Waals surface area contributed by atoms with Crippen LogP contribution in [-0.4, -0.2) is 9.91 Å². The van der Waals surface area contributed by atoms with Gasteiger partial charge in [-0.1, -0.05) is 36.4 Å². The minimum Gasteiger partial charge on any atom is -0.258 e. The standard InChI is InChI=1S/C15H10N2O2/c18-17(19)14-7-8-15(16-10-14)13-6-5-11-3-1-2-4-12(11)9-13/h1-10H. The van der Waals surface area contributed by atoms with E-state index in [0.29, 0.717) is 0 Å². The fraction of sp³-hybridized carbons (Fsp3) is 0. The topological polar surface area (TPSA) is 56.0 Å². The van der Waals surface area contributed by atoms with E-state index in [1.165, 1.54) is 12.3 Å². The molecule has 0 saturated heterocycles. The monoisotopic (exact) mass is 250 g/mol. The van der Waals surface area contributed by atoms with Gasteiger partial charge in [0.05, 0.1) is 10.6 Å². The van der Waals surface area contributed by atoms with Crippen molar-refractivity contribution in [1.29, 1.82) is 0 Å². The molecule has 92 valence electrons. The zero-order valence-corrected chi connectivity index (χ0v) is 9.98. The molecule has 19 heavy (non-hydrogen) atoms. The Labute approximate surface area is 109 Å². The second-order valence-corrected chi connectivity index (χ2v) is 4.22. The maximum Gasteiger partial charge on any atom is 0.287 e. The van der Waals surface area contributed by atoms with E-state index in [9.17, 15) is 10.1 Å². The van der Waals surface area contributed by atoms with Gasteiger partial charge in [0.25, 0.3) is 5.69 Å². The third kappa shape index (κ3) is 2.15. The number of fused-ring (bicyclic) bond motifs is 1. The predicted molar refractivity (Wildman–Crippen MR) is 73.8 cm³/mol. The lowest BCUT2D eigenvalue weighted by Gasteiger charge is -2.03. The van der Waals surface area contributed by atoms with Crippen molar-refractivity contribution in [1.82, 2.24) is 4.98 Å². The zero-order chi connectivity index (χ0) is 13.2. The highest BCUT2D eigenvalue weighted by molar-refractivity contribution is 5.86. The lowest BCUT2D eigenvalue weighted by molar-refractivity contribution is -0.385. The van der Waals surface area contributed by atoms with Crippen molar-refractivity contribution in [2.75, 3.05) is 0 Å². The van der Waals surface area contributed by atoms with Crippen LogP contribution in [0.1, 0.15) is 0 Å². The van der Waals surface area contributed by atoms with Crippen LogP contribution in [0.3, 0.4) is 0 Å². The first-order valence-corrected chi connectivity index (χ1v) is 5.84. The number of hydrogen-bond donors (Lipinski definition) is 0. The molecule has 3 rings (SSSR count). The van der Waals surface area contributed by atoms with E-state index >= 15 is 0 Å². The summed E-state index contributed by atoms with van der Waals surface area (Å²) in [5, 5.41) is 12.9. The minimum atomic E-state index is -0.447. The summed E-state index contributed by atoms with van der Waals surface area (Å²) in [6, 6.07) is 17.2. The number of rotatable bonds is 2. The van der Waals surface area contributed by atoms with Crippen molar-refractivity contribution in [2.24, 2.45) is 0 Å². The Bertz CT molecular complexity index is 751. The van der Waals surface area contributed by atoms with Gasteiger partial charge in [-0.25, -0.2) is 4.98 Å². The van der Waals surface area contributed by atoms with Gasteiger partial charge >= 0.3 is 0 Å². The van der Waals surface area contributed by atoms with Crippen LogP contribution in [0.4, 0.5) is 5.69 Å². The molecule has 0 radical (unpaired) electrons. The lowest BCUT2D eigenvalue weighted by Crippen LogP contribution is -1.90. The molecule has 0 fully saturated rings. The largest absolute Gasteiger partial charge is 0.287 e. The second-order valence-electron chi connectivity index (χ2n) is 4.22. The first-order valence-electron chi connectivity index (χ1n) is 5.84. The number of nitrogens with zero attached hydrogens (tertiary/aromatic N) is 2. The van der Waals surface area contributed by atoms with Crippen LogP contribution in [0.25, 0.3) is 22.0 Å². The van der Waals surface area contributed by atoms with Crippen LogP contribution in [0.5, 0.6) is 0 Å². The van der Waals surface area contributed by atoms with Gasteiger partial charge in [0, 0.05) is 11.6 Å². The number of nitro groups is 1. The minimum absolute atomic E-state index is 0.00420. The Morgan fingerprint density at radius 1 is 0.947 bits per heavy atom. The van der Waals surface area contributed by atoms with E-state index in [1.54, 1.807) is 6.07 Å². The molecule has 4 nitrogen and oxygen atoms in total. The van der Waals surface area contributed by atoms with Crippen LogP contribution >= 0.6 is 0 Å². The van der Waals surface area contributed by atoms with Gasteiger partial charge in [0.1, 0.15) is 6.20 Å². The molecule has 1 aromatic heterocycles. The van der Waals surface area contributed by atoms with Gasteiger partial charge in [-0.2, -0.15) is 0 Å². The smallest absolute Gasteiger partial charge is 0.258 e. The molecule has 4 heteroatoms. The number of aromatic nitrogens is 1. The van der Waals surface area contributed by atoms with Crippen molar-refractivity contribution in [3.05, 3.63) is 70.9 Å². The third-order valence-electron chi connectivity index (χ3n) is 3.00. The Balaban J connectivity index is 2.06. The van der Waals surface area contributed by atoms with Crippen LogP contribution < -0.4 is 0 Å². The van der Waals surface area contributed by atoms with Gasteiger partial charge in [0.15, 0.2) is 0 Å². The fourth-order valence-electron chi connectivity index (χ4n) is 2.01. The molecular formula is C15H10N2O2. The molecule has 2 aromatic carbocycles. The number of pyridine rings is 1. The summed E-state index contributed by atoms with van der Waals surface area (Å²) in [7, 11) is 0. The quantitative estimate of drug-likeness (QED) is 0.513. The highest BCUT2D eigenvalue weighted by atomic mass is 16.6. The van der Waals surface area contributed by atoms with Crippen molar-refractivity contribution in [3.63, 3.8) is 0 Å². The Kier molecular flexibility index (Phi) is 2.68. The van der Waals surface area contributed by atoms with Crippen LogP contribution in [0, 0.1) is 10.1 Å². The Morgan fingerprint density at radius 3 is 2.42 bits per heavy atom. The summed E-state index contributed by atoms with van der Waals surface area (Å²) in [6.07, 6.45) is 1.28. The first kappa shape index (κ1) is 11.3. The van der Waals surface area contributed by atoms with Gasteiger partial charge in [-0.15, -0.1) is 0 Å². The SMILES string of the molecule is O=[N+]([O-])c1ccc(-c2ccc3ccccc3c2)nc1. The van der Waals surface area contributed by atoms with E-state index in [2.05, 4.69) is 4.98 Å². The molecule has 0 bridgehead atoms. The van der Waals surface area contributed by atoms with E-state index in [4.69, 9.17) is 0 Å². The molecule has 0 amide bonds. The molecule has 0 unspecified atom stereocenters. The van der Waals surface area contributed by atoms with Gasteiger partial charge in [-0.3, -0.25) is 10.1 Å². The van der Waals surface area contributed by atoms with Crippen LogP contribution in [0.15, 0.2) is 60.8 Å². The average Bonchev–Trinajstić information content (AvgIpc) is 2.47. The average molecular weight is 250 g/mol. The first-order chi connectivity index (χ1) is 9.24. The molecule has 0 atom stereocenters. The van der Waals surface area contributed by atoms with Gasteiger partial charge in [-0.05, 0) is 22.9 Å². The summed E-state index contributed by atoms with van der Waals surface area (Å²) in [6.45, 7) is 0. The lowest BCUT2D eigenvalue weighted by atomic mass is 10.0. The van der Waals surface area contributed by atoms with Gasteiger partial charge < -0.3 is 0 Å². The molecule has 0 saturated carbocycles. The second kappa shape index (κ2) is 4.49. The molecule has 0 aliphatic heterocycles. The van der Waals surface area contributed by atoms with Crippen LogP contribution in [-0.2, 0) is 0 Å². The van der Waals surface area contributed by atoms with Crippen molar-refractivity contribution >= 4 is 16.5 Å².